The monoisotopic (exact) mass is 255 g/mol. The summed E-state index contributed by atoms with van der Waals surface area (Å²) in [5.41, 5.74) is 0.876. The number of carbonyl (C=O) groups excluding carboxylic acids is 1. The molecule has 0 bridgehead atoms. The van der Waals surface area contributed by atoms with E-state index in [1.54, 1.807) is 6.07 Å². The summed E-state index contributed by atoms with van der Waals surface area (Å²) in [7, 11) is 0. The van der Waals surface area contributed by atoms with Gasteiger partial charge in [-0.2, -0.15) is 0 Å². The summed E-state index contributed by atoms with van der Waals surface area (Å²) < 4.78 is 0. The van der Waals surface area contributed by atoms with E-state index < -0.39 is 6.10 Å². The molecular formula is C13H18ClNO2. The van der Waals surface area contributed by atoms with Crippen LogP contribution in [-0.2, 0) is 11.3 Å². The summed E-state index contributed by atoms with van der Waals surface area (Å²) in [6.07, 6.45) is -0.469. The van der Waals surface area contributed by atoms with E-state index in [9.17, 15) is 9.90 Å². The third-order valence-corrected chi connectivity index (χ3v) is 2.97. The molecule has 1 aromatic carbocycles. The Kier molecular flexibility index (Phi) is 5.45. The number of nitrogens with one attached hydrogen (secondary N) is 1. The first-order valence-corrected chi connectivity index (χ1v) is 6.06. The summed E-state index contributed by atoms with van der Waals surface area (Å²) in [4.78, 5) is 11.5. The van der Waals surface area contributed by atoms with Crippen LogP contribution < -0.4 is 5.32 Å². The summed E-state index contributed by atoms with van der Waals surface area (Å²) >= 11 is 5.96. The molecule has 0 heterocycles. The van der Waals surface area contributed by atoms with E-state index in [0.717, 1.165) is 5.56 Å². The topological polar surface area (TPSA) is 49.3 Å². The second-order valence-corrected chi connectivity index (χ2v) is 4.79. The van der Waals surface area contributed by atoms with Gasteiger partial charge in [0.2, 0.25) is 5.91 Å². The fourth-order valence-corrected chi connectivity index (χ4v) is 1.54. The molecule has 0 saturated heterocycles. The molecule has 94 valence electrons. The van der Waals surface area contributed by atoms with Crippen LogP contribution in [0.4, 0.5) is 0 Å². The molecule has 0 saturated carbocycles. The maximum atomic E-state index is 11.5. The zero-order valence-electron chi connectivity index (χ0n) is 10.1. The molecule has 0 fully saturated rings. The summed E-state index contributed by atoms with van der Waals surface area (Å²) in [5.74, 6) is -0.0767. The maximum absolute atomic E-state index is 11.5. The number of hydrogen-bond donors (Lipinski definition) is 2. The van der Waals surface area contributed by atoms with Gasteiger partial charge in [-0.15, -0.1) is 0 Å². The normalized spacial score (nSPS) is 12.5. The van der Waals surface area contributed by atoms with E-state index in [-0.39, 0.29) is 18.2 Å². The Balaban J connectivity index is 2.41. The first-order chi connectivity index (χ1) is 8.00. The number of aliphatic hydroxyl groups is 1. The van der Waals surface area contributed by atoms with Crippen LogP contribution >= 0.6 is 11.6 Å². The highest BCUT2D eigenvalue weighted by molar-refractivity contribution is 6.31. The third kappa shape index (κ3) is 4.75. The van der Waals surface area contributed by atoms with E-state index in [0.29, 0.717) is 11.6 Å². The molecule has 0 aromatic heterocycles. The van der Waals surface area contributed by atoms with Gasteiger partial charge >= 0.3 is 0 Å². The first-order valence-electron chi connectivity index (χ1n) is 5.69. The van der Waals surface area contributed by atoms with Gasteiger partial charge in [-0.05, 0) is 17.5 Å². The fraction of sp³-hybridized carbons (Fsp3) is 0.462. The molecule has 0 aliphatic carbocycles. The number of benzene rings is 1. The Morgan fingerprint density at radius 2 is 2.06 bits per heavy atom. The second kappa shape index (κ2) is 6.62. The van der Waals surface area contributed by atoms with Crippen molar-refractivity contribution in [2.75, 3.05) is 0 Å². The number of amides is 1. The second-order valence-electron chi connectivity index (χ2n) is 4.38. The smallest absolute Gasteiger partial charge is 0.222 e. The van der Waals surface area contributed by atoms with E-state index in [1.165, 1.54) is 0 Å². The van der Waals surface area contributed by atoms with Gasteiger partial charge in [-0.3, -0.25) is 4.79 Å². The molecule has 1 aromatic rings. The molecule has 1 amide bonds. The lowest BCUT2D eigenvalue weighted by Gasteiger charge is -2.14. The van der Waals surface area contributed by atoms with Crippen LogP contribution in [0.2, 0.25) is 5.02 Å². The van der Waals surface area contributed by atoms with Crippen molar-refractivity contribution in [1.82, 2.24) is 5.32 Å². The van der Waals surface area contributed by atoms with E-state index in [1.807, 2.05) is 32.0 Å². The fourth-order valence-electron chi connectivity index (χ4n) is 1.33. The van der Waals surface area contributed by atoms with Crippen molar-refractivity contribution < 1.29 is 9.90 Å². The number of aliphatic hydroxyl groups excluding tert-OH is 1. The Morgan fingerprint density at radius 3 is 2.65 bits per heavy atom. The number of carbonyl (C=O) groups is 1. The first kappa shape index (κ1) is 14.0. The molecule has 0 aliphatic rings. The van der Waals surface area contributed by atoms with Gasteiger partial charge in [-0.25, -0.2) is 0 Å². The van der Waals surface area contributed by atoms with Crippen molar-refractivity contribution in [2.24, 2.45) is 5.92 Å². The van der Waals surface area contributed by atoms with Crippen molar-refractivity contribution in [3.05, 3.63) is 34.9 Å². The molecule has 0 radical (unpaired) electrons. The highest BCUT2D eigenvalue weighted by Gasteiger charge is 2.14. The minimum Gasteiger partial charge on any atom is -0.392 e. The zero-order valence-corrected chi connectivity index (χ0v) is 10.9. The summed E-state index contributed by atoms with van der Waals surface area (Å²) in [5, 5.41) is 12.9. The largest absolute Gasteiger partial charge is 0.392 e. The molecule has 4 heteroatoms. The van der Waals surface area contributed by atoms with Crippen molar-refractivity contribution in [3.63, 3.8) is 0 Å². The van der Waals surface area contributed by atoms with Gasteiger partial charge < -0.3 is 10.4 Å². The van der Waals surface area contributed by atoms with E-state index >= 15 is 0 Å². The van der Waals surface area contributed by atoms with Crippen LogP contribution in [0.1, 0.15) is 25.8 Å². The van der Waals surface area contributed by atoms with Crippen LogP contribution in [0.15, 0.2) is 24.3 Å². The molecule has 1 atom stereocenters. The number of hydrogen-bond acceptors (Lipinski definition) is 2. The highest BCUT2D eigenvalue weighted by Crippen LogP contribution is 2.14. The van der Waals surface area contributed by atoms with Crippen LogP contribution in [-0.4, -0.2) is 17.1 Å². The third-order valence-electron chi connectivity index (χ3n) is 2.60. The van der Waals surface area contributed by atoms with Crippen molar-refractivity contribution in [2.45, 2.75) is 32.9 Å². The number of rotatable bonds is 5. The van der Waals surface area contributed by atoms with Crippen LogP contribution in [0.5, 0.6) is 0 Å². The molecule has 0 aliphatic heterocycles. The van der Waals surface area contributed by atoms with Gasteiger partial charge in [0.15, 0.2) is 0 Å². The van der Waals surface area contributed by atoms with Gasteiger partial charge in [0.1, 0.15) is 0 Å². The Hall–Kier alpha value is -1.06. The molecule has 1 unspecified atom stereocenters. The molecule has 1 rings (SSSR count). The van der Waals surface area contributed by atoms with Gasteiger partial charge in [0.25, 0.3) is 0 Å². The van der Waals surface area contributed by atoms with Gasteiger partial charge in [0, 0.05) is 11.6 Å². The minimum absolute atomic E-state index is 0.0843. The summed E-state index contributed by atoms with van der Waals surface area (Å²) in [6.45, 7) is 4.15. The maximum Gasteiger partial charge on any atom is 0.222 e. The predicted molar refractivity (Wildman–Crippen MR) is 68.8 cm³/mol. The molecular weight excluding hydrogens is 238 g/mol. The average Bonchev–Trinajstić information content (AvgIpc) is 2.27. The van der Waals surface area contributed by atoms with E-state index in [4.69, 9.17) is 11.6 Å². The Bertz CT molecular complexity index is 379. The molecule has 3 nitrogen and oxygen atoms in total. The quantitative estimate of drug-likeness (QED) is 0.849. The average molecular weight is 256 g/mol. The van der Waals surface area contributed by atoms with Crippen molar-refractivity contribution in [3.8, 4) is 0 Å². The van der Waals surface area contributed by atoms with Crippen LogP contribution in [0.3, 0.4) is 0 Å². The standard InChI is InChI=1S/C13H18ClNO2/c1-9(2)12(16)7-13(17)15-8-10-5-3-4-6-11(10)14/h3-6,9,12,16H,7-8H2,1-2H3,(H,15,17). The SMILES string of the molecule is CC(C)C(O)CC(=O)NCc1ccccc1Cl. The van der Waals surface area contributed by atoms with Crippen LogP contribution in [0.25, 0.3) is 0 Å². The number of halogens is 1. The lowest BCUT2D eigenvalue weighted by atomic mass is 10.0. The lowest BCUT2D eigenvalue weighted by molar-refractivity contribution is -0.123. The predicted octanol–water partition coefficient (Wildman–Crippen LogP) is 2.36. The Morgan fingerprint density at radius 1 is 1.41 bits per heavy atom. The lowest BCUT2D eigenvalue weighted by Crippen LogP contribution is -2.29. The van der Waals surface area contributed by atoms with Crippen LogP contribution in [0, 0.1) is 5.92 Å². The zero-order chi connectivity index (χ0) is 12.8. The van der Waals surface area contributed by atoms with Crippen molar-refractivity contribution >= 4 is 17.5 Å². The molecule has 0 spiro atoms. The highest BCUT2D eigenvalue weighted by atomic mass is 35.5. The summed E-state index contributed by atoms with van der Waals surface area (Å²) in [6, 6.07) is 7.36. The van der Waals surface area contributed by atoms with Gasteiger partial charge in [-0.1, -0.05) is 43.6 Å². The van der Waals surface area contributed by atoms with E-state index in [2.05, 4.69) is 5.32 Å². The molecule has 2 N–H and O–H groups in total. The van der Waals surface area contributed by atoms with Crippen molar-refractivity contribution in [1.29, 1.82) is 0 Å². The van der Waals surface area contributed by atoms with Gasteiger partial charge in [0.05, 0.1) is 12.5 Å². The minimum atomic E-state index is -0.596. The molecule has 17 heavy (non-hydrogen) atoms. The Labute approximate surface area is 107 Å².